The number of nitrogens with one attached hydrogen (secondary N) is 1. The number of rotatable bonds is 5. The van der Waals surface area contributed by atoms with Gasteiger partial charge in [-0.15, -0.1) is 11.6 Å². The van der Waals surface area contributed by atoms with Crippen LogP contribution in [0.2, 0.25) is 0 Å². The predicted octanol–water partition coefficient (Wildman–Crippen LogP) is 0.897. The first-order valence-electron chi connectivity index (χ1n) is 3.78. The summed E-state index contributed by atoms with van der Waals surface area (Å²) in [5, 5.41) is 12.6. The summed E-state index contributed by atoms with van der Waals surface area (Å²) in [6.07, 6.45) is -0.820. The topological polar surface area (TPSA) is 66.4 Å². The maximum Gasteiger partial charge on any atom is 0.225 e. The highest BCUT2D eigenvalue weighted by Gasteiger charge is 2.12. The van der Waals surface area contributed by atoms with E-state index in [0.29, 0.717) is 5.56 Å². The Kier molecular flexibility index (Phi) is 4.33. The van der Waals surface area contributed by atoms with Gasteiger partial charge in [-0.2, -0.15) is 11.3 Å². The Morgan fingerprint density at radius 1 is 1.64 bits per heavy atom. The Balaban J connectivity index is 2.47. The van der Waals surface area contributed by atoms with Crippen molar-refractivity contribution in [2.75, 3.05) is 11.8 Å². The van der Waals surface area contributed by atoms with Gasteiger partial charge in [0, 0.05) is 6.54 Å². The van der Waals surface area contributed by atoms with Crippen LogP contribution in [0.3, 0.4) is 0 Å². The Bertz CT molecular complexity index is 362. The van der Waals surface area contributed by atoms with Gasteiger partial charge in [0.15, 0.2) is 0 Å². The molecule has 7 heteroatoms. The van der Waals surface area contributed by atoms with Crippen LogP contribution in [-0.2, 0) is 10.0 Å². The van der Waals surface area contributed by atoms with Crippen LogP contribution in [0.1, 0.15) is 11.7 Å². The molecule has 1 aromatic rings. The molecule has 0 saturated heterocycles. The molecule has 80 valence electrons. The fourth-order valence-electron chi connectivity index (χ4n) is 0.827. The average molecular weight is 256 g/mol. The number of aliphatic hydroxyl groups excluding tert-OH is 1. The van der Waals surface area contributed by atoms with Crippen LogP contribution in [0, 0.1) is 0 Å². The van der Waals surface area contributed by atoms with E-state index in [2.05, 4.69) is 4.72 Å². The Hall–Kier alpha value is -0.140. The fraction of sp³-hybridized carbons (Fsp3) is 0.429. The lowest BCUT2D eigenvalue weighted by Crippen LogP contribution is -2.29. The summed E-state index contributed by atoms with van der Waals surface area (Å²) in [5.41, 5.74) is 0.701. The molecule has 1 heterocycles. The molecule has 1 atom stereocenters. The standard InChI is InChI=1S/C7H10ClNO3S2/c8-5-14(11,12)9-3-7(10)6-1-2-13-4-6/h1-2,4,7,9-10H,3,5H2. The van der Waals surface area contributed by atoms with Crippen LogP contribution in [0.5, 0.6) is 0 Å². The quantitative estimate of drug-likeness (QED) is 0.769. The number of aliphatic hydroxyl groups is 1. The Labute approximate surface area is 91.6 Å². The molecule has 4 nitrogen and oxygen atoms in total. The predicted molar refractivity (Wildman–Crippen MR) is 56.9 cm³/mol. The van der Waals surface area contributed by atoms with Crippen molar-refractivity contribution >= 4 is 33.0 Å². The van der Waals surface area contributed by atoms with Crippen molar-refractivity contribution in [3.63, 3.8) is 0 Å². The zero-order chi connectivity index (χ0) is 10.6. The largest absolute Gasteiger partial charge is 0.387 e. The molecule has 2 N–H and O–H groups in total. The van der Waals surface area contributed by atoms with E-state index < -0.39 is 21.3 Å². The number of sulfonamides is 1. The van der Waals surface area contributed by atoms with E-state index in [0.717, 1.165) is 0 Å². The van der Waals surface area contributed by atoms with Crippen molar-refractivity contribution in [3.8, 4) is 0 Å². The molecule has 0 bridgehead atoms. The monoisotopic (exact) mass is 255 g/mol. The minimum absolute atomic E-state index is 0.0498. The second kappa shape index (κ2) is 5.09. The van der Waals surface area contributed by atoms with Gasteiger partial charge >= 0.3 is 0 Å². The Morgan fingerprint density at radius 2 is 2.36 bits per heavy atom. The van der Waals surface area contributed by atoms with Gasteiger partial charge in [0.1, 0.15) is 5.21 Å². The van der Waals surface area contributed by atoms with Gasteiger partial charge in [-0.25, -0.2) is 13.1 Å². The molecule has 0 aromatic carbocycles. The molecule has 1 aromatic heterocycles. The summed E-state index contributed by atoms with van der Waals surface area (Å²) in [4.78, 5) is 0. The highest BCUT2D eigenvalue weighted by Crippen LogP contribution is 2.15. The van der Waals surface area contributed by atoms with Gasteiger partial charge in [0.25, 0.3) is 0 Å². The first-order valence-corrected chi connectivity index (χ1v) is 6.91. The van der Waals surface area contributed by atoms with Crippen molar-refractivity contribution in [1.82, 2.24) is 4.72 Å². The molecule has 1 unspecified atom stereocenters. The molecule has 14 heavy (non-hydrogen) atoms. The maximum absolute atomic E-state index is 10.9. The lowest BCUT2D eigenvalue weighted by Gasteiger charge is -2.09. The summed E-state index contributed by atoms with van der Waals surface area (Å²) in [5.74, 6) is 0. The van der Waals surface area contributed by atoms with E-state index in [-0.39, 0.29) is 6.54 Å². The number of alkyl halides is 1. The van der Waals surface area contributed by atoms with Crippen LogP contribution in [0.15, 0.2) is 16.8 Å². The van der Waals surface area contributed by atoms with Crippen molar-refractivity contribution < 1.29 is 13.5 Å². The van der Waals surface area contributed by atoms with E-state index in [1.54, 1.807) is 11.4 Å². The molecule has 0 aliphatic heterocycles. The highest BCUT2D eigenvalue weighted by atomic mass is 35.5. The molecule has 0 fully saturated rings. The van der Waals surface area contributed by atoms with E-state index in [9.17, 15) is 13.5 Å². The van der Waals surface area contributed by atoms with Crippen LogP contribution in [-0.4, -0.2) is 25.3 Å². The molecule has 0 spiro atoms. The minimum Gasteiger partial charge on any atom is -0.387 e. The third-order valence-corrected chi connectivity index (χ3v) is 4.03. The number of thiophene rings is 1. The van der Waals surface area contributed by atoms with E-state index in [1.807, 2.05) is 5.38 Å². The molecular formula is C7H10ClNO3S2. The van der Waals surface area contributed by atoms with Crippen molar-refractivity contribution in [3.05, 3.63) is 22.4 Å². The third kappa shape index (κ3) is 3.55. The zero-order valence-corrected chi connectivity index (χ0v) is 9.57. The SMILES string of the molecule is O=S(=O)(CCl)NCC(O)c1ccsc1. The normalized spacial score (nSPS) is 14.1. The van der Waals surface area contributed by atoms with Gasteiger partial charge in [-0.3, -0.25) is 0 Å². The van der Waals surface area contributed by atoms with Crippen LogP contribution in [0.25, 0.3) is 0 Å². The zero-order valence-electron chi connectivity index (χ0n) is 7.18. The molecule has 1 rings (SSSR count). The Morgan fingerprint density at radius 3 is 2.86 bits per heavy atom. The van der Waals surface area contributed by atoms with Crippen LogP contribution in [0.4, 0.5) is 0 Å². The summed E-state index contributed by atoms with van der Waals surface area (Å²) in [6, 6.07) is 1.74. The number of halogens is 1. The second-order valence-electron chi connectivity index (χ2n) is 2.64. The summed E-state index contributed by atoms with van der Waals surface area (Å²) < 4.78 is 24.0. The molecule has 0 aliphatic rings. The smallest absolute Gasteiger partial charge is 0.225 e. The molecule has 0 radical (unpaired) electrons. The summed E-state index contributed by atoms with van der Waals surface area (Å²) >= 11 is 6.62. The van der Waals surface area contributed by atoms with Crippen LogP contribution < -0.4 is 4.72 Å². The third-order valence-electron chi connectivity index (χ3n) is 1.57. The van der Waals surface area contributed by atoms with Gasteiger partial charge in [0.05, 0.1) is 6.10 Å². The fourth-order valence-corrected chi connectivity index (χ4v) is 2.25. The second-order valence-corrected chi connectivity index (χ2v) is 5.82. The van der Waals surface area contributed by atoms with Crippen LogP contribution >= 0.6 is 22.9 Å². The molecule has 0 saturated carbocycles. The highest BCUT2D eigenvalue weighted by molar-refractivity contribution is 7.90. The van der Waals surface area contributed by atoms with Crippen molar-refractivity contribution in [1.29, 1.82) is 0 Å². The van der Waals surface area contributed by atoms with Gasteiger partial charge in [0.2, 0.25) is 10.0 Å². The van der Waals surface area contributed by atoms with Gasteiger partial charge < -0.3 is 5.11 Å². The first-order chi connectivity index (χ1) is 6.55. The summed E-state index contributed by atoms with van der Waals surface area (Å²) in [6.45, 7) is -0.0498. The van der Waals surface area contributed by atoms with Crippen molar-refractivity contribution in [2.24, 2.45) is 0 Å². The first kappa shape index (κ1) is 11.9. The van der Waals surface area contributed by atoms with Gasteiger partial charge in [-0.05, 0) is 22.4 Å². The lowest BCUT2D eigenvalue weighted by molar-refractivity contribution is 0.182. The number of hydrogen-bond donors (Lipinski definition) is 2. The maximum atomic E-state index is 10.9. The summed E-state index contributed by atoms with van der Waals surface area (Å²) in [7, 11) is -3.45. The van der Waals surface area contributed by atoms with E-state index >= 15 is 0 Å². The van der Waals surface area contributed by atoms with E-state index in [4.69, 9.17) is 11.6 Å². The van der Waals surface area contributed by atoms with Crippen molar-refractivity contribution in [2.45, 2.75) is 6.10 Å². The van der Waals surface area contributed by atoms with Gasteiger partial charge in [-0.1, -0.05) is 0 Å². The van der Waals surface area contributed by atoms with E-state index in [1.165, 1.54) is 11.3 Å². The average Bonchev–Trinajstić information content (AvgIpc) is 2.67. The molecule has 0 amide bonds. The molecule has 0 aliphatic carbocycles. The number of hydrogen-bond acceptors (Lipinski definition) is 4. The lowest BCUT2D eigenvalue weighted by atomic mass is 10.2. The molecular weight excluding hydrogens is 246 g/mol. The minimum atomic E-state index is -3.45.